The van der Waals surface area contributed by atoms with E-state index in [1.807, 2.05) is 0 Å². The molecule has 0 radical (unpaired) electrons. The Kier molecular flexibility index (Phi) is 5.93. The van der Waals surface area contributed by atoms with Crippen molar-refractivity contribution in [2.24, 2.45) is 5.92 Å². The van der Waals surface area contributed by atoms with Crippen LogP contribution in [0.3, 0.4) is 0 Å². The van der Waals surface area contributed by atoms with Crippen LogP contribution in [-0.2, 0) is 17.8 Å². The van der Waals surface area contributed by atoms with E-state index in [1.54, 1.807) is 30.3 Å². The second kappa shape index (κ2) is 8.95. The number of nitrogens with one attached hydrogen (secondary N) is 2. The summed E-state index contributed by atoms with van der Waals surface area (Å²) in [4.78, 5) is 24.9. The Balaban J connectivity index is 1.38. The van der Waals surface area contributed by atoms with Crippen molar-refractivity contribution in [3.8, 4) is 5.75 Å². The first-order valence-electron chi connectivity index (χ1n) is 9.83. The Morgan fingerprint density at radius 2 is 1.61 bits per heavy atom. The zero-order chi connectivity index (χ0) is 21.8. The molecule has 5 nitrogen and oxygen atoms in total. The molecule has 31 heavy (non-hydrogen) atoms. The minimum Gasteiger partial charge on any atom is -0.492 e. The summed E-state index contributed by atoms with van der Waals surface area (Å²) in [6, 6.07) is 16.5. The van der Waals surface area contributed by atoms with Crippen LogP contribution in [0.1, 0.15) is 21.5 Å². The summed E-state index contributed by atoms with van der Waals surface area (Å²) in [6.07, 6.45) is 0.463. The van der Waals surface area contributed by atoms with Crippen LogP contribution >= 0.6 is 0 Å². The highest BCUT2D eigenvalue weighted by Crippen LogP contribution is 2.30. The molecule has 0 bridgehead atoms. The predicted octanol–water partition coefficient (Wildman–Crippen LogP) is 4.08. The molecule has 0 aliphatic carbocycles. The van der Waals surface area contributed by atoms with Crippen LogP contribution in [0.4, 0.5) is 14.5 Å². The molecule has 1 atom stereocenters. The molecule has 0 saturated carbocycles. The number of anilines is 1. The number of hydrogen-bond donors (Lipinski definition) is 2. The quantitative estimate of drug-likeness (QED) is 0.651. The molecule has 2 N–H and O–H groups in total. The molecule has 3 aromatic rings. The van der Waals surface area contributed by atoms with Gasteiger partial charge in [0.05, 0.1) is 5.92 Å². The topological polar surface area (TPSA) is 67.4 Å². The van der Waals surface area contributed by atoms with Crippen molar-refractivity contribution in [3.05, 3.63) is 95.1 Å². The number of carbonyl (C=O) groups is 2. The van der Waals surface area contributed by atoms with Crippen molar-refractivity contribution in [3.63, 3.8) is 0 Å². The lowest BCUT2D eigenvalue weighted by molar-refractivity contribution is -0.126. The minimum absolute atomic E-state index is 0.157. The Morgan fingerprint density at radius 1 is 0.935 bits per heavy atom. The zero-order valence-corrected chi connectivity index (χ0v) is 16.5. The van der Waals surface area contributed by atoms with Gasteiger partial charge in [0.2, 0.25) is 5.91 Å². The average molecular weight is 422 g/mol. The second-order valence-corrected chi connectivity index (χ2v) is 7.34. The van der Waals surface area contributed by atoms with Gasteiger partial charge in [-0.15, -0.1) is 0 Å². The lowest BCUT2D eigenvalue weighted by Gasteiger charge is -2.25. The molecule has 0 spiro atoms. The largest absolute Gasteiger partial charge is 0.492 e. The summed E-state index contributed by atoms with van der Waals surface area (Å²) < 4.78 is 31.8. The van der Waals surface area contributed by atoms with E-state index < -0.39 is 5.82 Å². The average Bonchev–Trinajstić information content (AvgIpc) is 2.78. The number of rotatable bonds is 5. The fourth-order valence-electron chi connectivity index (χ4n) is 3.38. The van der Waals surface area contributed by atoms with Crippen LogP contribution < -0.4 is 15.4 Å². The SMILES string of the molecule is O=C(Nc1ccc2c(c1)C[C@H](C(=O)NCc1ccc(F)cc1)CO2)c1ccc(F)cc1. The maximum Gasteiger partial charge on any atom is 0.255 e. The Labute approximate surface area is 178 Å². The third-order valence-electron chi connectivity index (χ3n) is 5.08. The van der Waals surface area contributed by atoms with Crippen molar-refractivity contribution in [2.45, 2.75) is 13.0 Å². The van der Waals surface area contributed by atoms with E-state index in [2.05, 4.69) is 10.6 Å². The van der Waals surface area contributed by atoms with Gasteiger partial charge in [-0.05, 0) is 72.1 Å². The van der Waals surface area contributed by atoms with E-state index in [0.717, 1.165) is 11.1 Å². The molecule has 1 aliphatic rings. The van der Waals surface area contributed by atoms with Gasteiger partial charge in [-0.3, -0.25) is 9.59 Å². The summed E-state index contributed by atoms with van der Waals surface area (Å²) in [5.74, 6) is -0.958. The third kappa shape index (κ3) is 5.06. The molecular weight excluding hydrogens is 402 g/mol. The van der Waals surface area contributed by atoms with Crippen LogP contribution in [0.2, 0.25) is 0 Å². The van der Waals surface area contributed by atoms with Crippen molar-refractivity contribution < 1.29 is 23.1 Å². The summed E-state index contributed by atoms with van der Waals surface area (Å²) in [7, 11) is 0. The maximum atomic E-state index is 13.0. The maximum absolute atomic E-state index is 13.0. The first-order valence-corrected chi connectivity index (χ1v) is 9.83. The van der Waals surface area contributed by atoms with Gasteiger partial charge in [0.1, 0.15) is 24.0 Å². The molecule has 7 heteroatoms. The number of carbonyl (C=O) groups excluding carboxylic acids is 2. The van der Waals surface area contributed by atoms with E-state index >= 15 is 0 Å². The molecule has 0 unspecified atom stereocenters. The molecule has 0 fully saturated rings. The molecule has 3 aromatic carbocycles. The number of benzene rings is 3. The first-order chi connectivity index (χ1) is 15.0. The molecule has 4 rings (SSSR count). The lowest BCUT2D eigenvalue weighted by atomic mass is 9.95. The number of ether oxygens (including phenoxy) is 1. The molecule has 158 valence electrons. The van der Waals surface area contributed by atoms with E-state index in [0.29, 0.717) is 30.0 Å². The van der Waals surface area contributed by atoms with Gasteiger partial charge in [-0.2, -0.15) is 0 Å². The van der Waals surface area contributed by atoms with Crippen LogP contribution in [-0.4, -0.2) is 18.4 Å². The summed E-state index contributed by atoms with van der Waals surface area (Å²) in [5, 5.41) is 5.62. The van der Waals surface area contributed by atoms with E-state index in [4.69, 9.17) is 4.74 Å². The van der Waals surface area contributed by atoms with Gasteiger partial charge in [0.15, 0.2) is 0 Å². The van der Waals surface area contributed by atoms with Crippen LogP contribution in [0, 0.1) is 17.6 Å². The van der Waals surface area contributed by atoms with Crippen molar-refractivity contribution in [1.29, 1.82) is 0 Å². The third-order valence-corrected chi connectivity index (χ3v) is 5.08. The van der Waals surface area contributed by atoms with Crippen LogP contribution in [0.15, 0.2) is 66.7 Å². The van der Waals surface area contributed by atoms with Gasteiger partial charge >= 0.3 is 0 Å². The first kappa shape index (κ1) is 20.5. The fourth-order valence-corrected chi connectivity index (χ4v) is 3.38. The minimum atomic E-state index is -0.411. The predicted molar refractivity (Wildman–Crippen MR) is 112 cm³/mol. The van der Waals surface area contributed by atoms with Gasteiger partial charge in [-0.1, -0.05) is 12.1 Å². The number of fused-ring (bicyclic) bond motifs is 1. The molecular formula is C24H20F2N2O3. The number of amides is 2. The lowest BCUT2D eigenvalue weighted by Crippen LogP contribution is -2.37. The van der Waals surface area contributed by atoms with E-state index in [1.165, 1.54) is 36.4 Å². The van der Waals surface area contributed by atoms with E-state index in [9.17, 15) is 18.4 Å². The van der Waals surface area contributed by atoms with Crippen LogP contribution in [0.25, 0.3) is 0 Å². The van der Waals surface area contributed by atoms with E-state index in [-0.39, 0.29) is 30.2 Å². The Hall–Kier alpha value is -3.74. The smallest absolute Gasteiger partial charge is 0.255 e. The highest BCUT2D eigenvalue weighted by molar-refractivity contribution is 6.04. The number of hydrogen-bond acceptors (Lipinski definition) is 3. The molecule has 0 aromatic heterocycles. The standard InChI is InChI=1S/C24H20F2N2O3/c25-19-5-1-15(2-6-19)13-27-23(29)18-11-17-12-21(9-10-22(17)31-14-18)28-24(30)16-3-7-20(26)8-4-16/h1-10,12,18H,11,13-14H2,(H,27,29)(H,28,30)/t18-/m0/s1. The van der Waals surface area contributed by atoms with Crippen molar-refractivity contribution in [2.75, 3.05) is 11.9 Å². The Bertz CT molecular complexity index is 1100. The van der Waals surface area contributed by atoms with Crippen molar-refractivity contribution in [1.82, 2.24) is 5.32 Å². The van der Waals surface area contributed by atoms with Crippen molar-refractivity contribution >= 4 is 17.5 Å². The van der Waals surface area contributed by atoms with Gasteiger partial charge in [0, 0.05) is 17.8 Å². The molecule has 1 heterocycles. The highest BCUT2D eigenvalue weighted by atomic mass is 19.1. The van der Waals surface area contributed by atoms with Gasteiger partial charge in [0.25, 0.3) is 5.91 Å². The summed E-state index contributed by atoms with van der Waals surface area (Å²) in [5.41, 5.74) is 2.51. The normalized spacial score (nSPS) is 14.8. The summed E-state index contributed by atoms with van der Waals surface area (Å²) in [6.45, 7) is 0.555. The van der Waals surface area contributed by atoms with Gasteiger partial charge < -0.3 is 15.4 Å². The number of halogens is 2. The monoisotopic (exact) mass is 422 g/mol. The second-order valence-electron chi connectivity index (χ2n) is 7.34. The van der Waals surface area contributed by atoms with Crippen LogP contribution in [0.5, 0.6) is 5.75 Å². The fraction of sp³-hybridized carbons (Fsp3) is 0.167. The van der Waals surface area contributed by atoms with Gasteiger partial charge in [-0.25, -0.2) is 8.78 Å². The Morgan fingerprint density at radius 3 is 2.32 bits per heavy atom. The molecule has 2 amide bonds. The zero-order valence-electron chi connectivity index (χ0n) is 16.5. The molecule has 1 aliphatic heterocycles. The molecule has 0 saturated heterocycles. The summed E-state index contributed by atoms with van der Waals surface area (Å²) >= 11 is 0. The highest BCUT2D eigenvalue weighted by Gasteiger charge is 2.26.